The zero-order valence-corrected chi connectivity index (χ0v) is 19.4. The van der Waals surface area contributed by atoms with Crippen molar-refractivity contribution in [3.05, 3.63) is 84.2 Å². The predicted octanol–water partition coefficient (Wildman–Crippen LogP) is 2.79. The van der Waals surface area contributed by atoms with Gasteiger partial charge in [-0.05, 0) is 46.9 Å². The van der Waals surface area contributed by atoms with Gasteiger partial charge in [-0.25, -0.2) is 17.9 Å². The van der Waals surface area contributed by atoms with Gasteiger partial charge in [0.05, 0.1) is 18.1 Å². The van der Waals surface area contributed by atoms with Gasteiger partial charge in [-0.15, -0.1) is 0 Å². The van der Waals surface area contributed by atoms with Gasteiger partial charge < -0.3 is 4.74 Å². The van der Waals surface area contributed by atoms with E-state index in [0.717, 1.165) is 46.4 Å². The molecule has 2 heterocycles. The summed E-state index contributed by atoms with van der Waals surface area (Å²) in [5, 5.41) is 8.63. The second-order valence-electron chi connectivity index (χ2n) is 7.98. The van der Waals surface area contributed by atoms with Crippen molar-refractivity contribution in [3.8, 4) is 11.1 Å². The summed E-state index contributed by atoms with van der Waals surface area (Å²) >= 11 is 0. The van der Waals surface area contributed by atoms with Crippen LogP contribution in [-0.4, -0.2) is 61.3 Å². The van der Waals surface area contributed by atoms with Crippen LogP contribution < -0.4 is 5.48 Å². The maximum atomic E-state index is 13.7. The Hall–Kier alpha value is -3.24. The van der Waals surface area contributed by atoms with E-state index in [1.54, 1.807) is 12.1 Å². The summed E-state index contributed by atoms with van der Waals surface area (Å²) in [6.07, 6.45) is 6.03. The van der Waals surface area contributed by atoms with E-state index in [2.05, 4.69) is 4.90 Å². The van der Waals surface area contributed by atoms with Crippen LogP contribution in [0.3, 0.4) is 0 Å². The number of rotatable bonds is 8. The zero-order chi connectivity index (χ0) is 24.0. The molecule has 8 nitrogen and oxygen atoms in total. The van der Waals surface area contributed by atoms with Gasteiger partial charge in [0.1, 0.15) is 0 Å². The Bertz CT molecular complexity index is 1260. The normalized spacial score (nSPS) is 15.0. The molecule has 2 N–H and O–H groups in total. The van der Waals surface area contributed by atoms with Crippen LogP contribution in [0.2, 0.25) is 0 Å². The van der Waals surface area contributed by atoms with Gasteiger partial charge in [0.2, 0.25) is 0 Å². The molecule has 34 heavy (non-hydrogen) atoms. The fourth-order valence-corrected chi connectivity index (χ4v) is 5.36. The minimum Gasteiger partial charge on any atom is -0.379 e. The minimum atomic E-state index is -3.89. The Morgan fingerprint density at radius 3 is 2.56 bits per heavy atom. The second kappa shape index (κ2) is 10.8. The highest BCUT2D eigenvalue weighted by molar-refractivity contribution is 7.90. The molecule has 1 fully saturated rings. The fraction of sp³-hybridized carbons (Fsp3) is 0.240. The number of hydrogen-bond acceptors (Lipinski definition) is 6. The Labute approximate surface area is 199 Å². The molecule has 178 valence electrons. The summed E-state index contributed by atoms with van der Waals surface area (Å²) in [6, 6.07) is 16.8. The molecule has 0 unspecified atom stereocenters. The first kappa shape index (κ1) is 23.9. The summed E-state index contributed by atoms with van der Waals surface area (Å²) in [5.74, 6) is -0.698. The lowest BCUT2D eigenvalue weighted by atomic mass is 10.0. The molecule has 1 aliphatic rings. The van der Waals surface area contributed by atoms with Gasteiger partial charge in [0, 0.05) is 38.1 Å². The third-order valence-corrected chi connectivity index (χ3v) is 7.48. The maximum Gasteiger partial charge on any atom is 0.267 e. The SMILES string of the molecule is O=C(C=Cc1ccn(S(=O)(=O)c2cc(-c3ccccc3)ccc2CCN2CCOCC2)c1)NO. The molecular formula is C25H27N3O5S. The Balaban J connectivity index is 1.68. The molecule has 4 rings (SSSR count). The smallest absolute Gasteiger partial charge is 0.267 e. The van der Waals surface area contributed by atoms with Crippen LogP contribution in [0.1, 0.15) is 11.1 Å². The van der Waals surface area contributed by atoms with E-state index in [1.807, 2.05) is 42.5 Å². The number of ether oxygens (including phenoxy) is 1. The molecule has 0 atom stereocenters. The van der Waals surface area contributed by atoms with Gasteiger partial charge >= 0.3 is 0 Å². The number of morpholine rings is 1. The van der Waals surface area contributed by atoms with Crippen molar-refractivity contribution < 1.29 is 23.2 Å². The van der Waals surface area contributed by atoms with Crippen LogP contribution >= 0.6 is 0 Å². The molecule has 0 radical (unpaired) electrons. The number of amides is 1. The van der Waals surface area contributed by atoms with Gasteiger partial charge in [-0.3, -0.25) is 14.9 Å². The standard InChI is InChI=1S/C25H27N3O5S/c29-25(26-30)9-6-20-10-13-28(19-20)34(31,32)24-18-23(21-4-2-1-3-5-21)8-7-22(24)11-12-27-14-16-33-17-15-27/h1-10,13,18-19,30H,11-12,14-17H2,(H,26,29). The molecule has 1 saturated heterocycles. The third-order valence-electron chi connectivity index (χ3n) is 5.76. The molecule has 9 heteroatoms. The van der Waals surface area contributed by atoms with E-state index < -0.39 is 15.9 Å². The summed E-state index contributed by atoms with van der Waals surface area (Å²) in [4.78, 5) is 13.8. The average molecular weight is 482 g/mol. The summed E-state index contributed by atoms with van der Waals surface area (Å²) in [5.41, 5.74) is 4.52. The van der Waals surface area contributed by atoms with Crippen molar-refractivity contribution in [3.63, 3.8) is 0 Å². The van der Waals surface area contributed by atoms with E-state index in [9.17, 15) is 13.2 Å². The highest BCUT2D eigenvalue weighted by atomic mass is 32.2. The van der Waals surface area contributed by atoms with Crippen molar-refractivity contribution in [1.29, 1.82) is 0 Å². The monoisotopic (exact) mass is 481 g/mol. The van der Waals surface area contributed by atoms with Gasteiger partial charge in [-0.2, -0.15) is 0 Å². The lowest BCUT2D eigenvalue weighted by Gasteiger charge is -2.26. The molecule has 3 aromatic rings. The summed E-state index contributed by atoms with van der Waals surface area (Å²) < 4.78 is 33.9. The molecule has 0 spiro atoms. The minimum absolute atomic E-state index is 0.251. The van der Waals surface area contributed by atoms with Gasteiger partial charge in [0.25, 0.3) is 15.9 Å². The quantitative estimate of drug-likeness (QED) is 0.292. The Kier molecular flexibility index (Phi) is 7.59. The number of nitrogens with zero attached hydrogens (tertiary/aromatic N) is 2. The highest BCUT2D eigenvalue weighted by Gasteiger charge is 2.22. The number of hydrogen-bond donors (Lipinski definition) is 2. The molecule has 2 aromatic carbocycles. The fourth-order valence-electron chi connectivity index (χ4n) is 3.88. The molecule has 0 bridgehead atoms. The van der Waals surface area contributed by atoms with Crippen molar-refractivity contribution in [2.24, 2.45) is 0 Å². The van der Waals surface area contributed by atoms with Crippen LogP contribution in [0.25, 0.3) is 17.2 Å². The molecule has 0 saturated carbocycles. The summed E-state index contributed by atoms with van der Waals surface area (Å²) in [7, 11) is -3.89. The Morgan fingerprint density at radius 2 is 1.82 bits per heavy atom. The molecular weight excluding hydrogens is 454 g/mol. The van der Waals surface area contributed by atoms with E-state index in [4.69, 9.17) is 9.94 Å². The summed E-state index contributed by atoms with van der Waals surface area (Å²) in [6.45, 7) is 3.78. The average Bonchev–Trinajstić information content (AvgIpc) is 3.37. The maximum absolute atomic E-state index is 13.7. The lowest BCUT2D eigenvalue weighted by Crippen LogP contribution is -2.37. The first-order chi connectivity index (χ1) is 16.5. The van der Waals surface area contributed by atoms with Crippen LogP contribution in [0.5, 0.6) is 0 Å². The number of benzene rings is 2. The first-order valence-corrected chi connectivity index (χ1v) is 12.5. The molecule has 1 aliphatic heterocycles. The Morgan fingerprint density at radius 1 is 1.06 bits per heavy atom. The predicted molar refractivity (Wildman–Crippen MR) is 129 cm³/mol. The molecule has 1 aromatic heterocycles. The van der Waals surface area contributed by atoms with Crippen molar-refractivity contribution in [2.75, 3.05) is 32.8 Å². The molecule has 0 aliphatic carbocycles. The van der Waals surface area contributed by atoms with Crippen LogP contribution in [0.15, 0.2) is 78.0 Å². The molecule has 1 amide bonds. The van der Waals surface area contributed by atoms with E-state index in [0.29, 0.717) is 25.2 Å². The second-order valence-corrected chi connectivity index (χ2v) is 9.79. The van der Waals surface area contributed by atoms with Gasteiger partial charge in [-0.1, -0.05) is 42.5 Å². The van der Waals surface area contributed by atoms with Crippen LogP contribution in [0.4, 0.5) is 0 Å². The van der Waals surface area contributed by atoms with Gasteiger partial charge in [0.15, 0.2) is 0 Å². The van der Waals surface area contributed by atoms with Crippen LogP contribution in [-0.2, 0) is 26.0 Å². The number of aromatic nitrogens is 1. The topological polar surface area (TPSA) is 101 Å². The third kappa shape index (κ3) is 5.63. The largest absolute Gasteiger partial charge is 0.379 e. The first-order valence-electron chi connectivity index (χ1n) is 11.0. The number of carbonyl (C=O) groups is 1. The number of nitrogens with one attached hydrogen (secondary N) is 1. The number of carbonyl (C=O) groups excluding carboxylic acids is 1. The number of hydroxylamine groups is 1. The van der Waals surface area contributed by atoms with Crippen LogP contribution in [0, 0.1) is 0 Å². The lowest BCUT2D eigenvalue weighted by molar-refractivity contribution is -0.124. The van der Waals surface area contributed by atoms with Crippen molar-refractivity contribution >= 4 is 22.0 Å². The van der Waals surface area contributed by atoms with E-state index in [-0.39, 0.29) is 4.90 Å². The van der Waals surface area contributed by atoms with E-state index >= 15 is 0 Å². The van der Waals surface area contributed by atoms with Crippen molar-refractivity contribution in [1.82, 2.24) is 14.4 Å². The highest BCUT2D eigenvalue weighted by Crippen LogP contribution is 2.28. The zero-order valence-electron chi connectivity index (χ0n) is 18.6. The van der Waals surface area contributed by atoms with E-state index in [1.165, 1.54) is 23.9 Å². The van der Waals surface area contributed by atoms with Crippen molar-refractivity contribution in [2.45, 2.75) is 11.3 Å².